The highest BCUT2D eigenvalue weighted by molar-refractivity contribution is 5.69. The summed E-state index contributed by atoms with van der Waals surface area (Å²) in [5.41, 5.74) is 0.407. The quantitative estimate of drug-likeness (QED) is 0.648. The van der Waals surface area contributed by atoms with E-state index >= 15 is 0 Å². The van der Waals surface area contributed by atoms with E-state index in [9.17, 15) is 4.79 Å². The second-order valence-electron chi connectivity index (χ2n) is 5.01. The predicted octanol–water partition coefficient (Wildman–Crippen LogP) is 1.67. The lowest BCUT2D eigenvalue weighted by atomic mass is 9.93. The summed E-state index contributed by atoms with van der Waals surface area (Å²) in [5.74, 6) is -0.109. The van der Waals surface area contributed by atoms with Crippen molar-refractivity contribution in [2.24, 2.45) is 5.41 Å². The van der Waals surface area contributed by atoms with Crippen LogP contribution in [-0.2, 0) is 9.53 Å². The summed E-state index contributed by atoms with van der Waals surface area (Å²) in [6, 6.07) is 0.309. The Morgan fingerprint density at radius 3 is 2.64 bits per heavy atom. The van der Waals surface area contributed by atoms with Crippen molar-refractivity contribution in [1.29, 1.82) is 0 Å². The van der Waals surface area contributed by atoms with Gasteiger partial charge in [0.2, 0.25) is 0 Å². The van der Waals surface area contributed by atoms with Crippen LogP contribution in [0.3, 0.4) is 0 Å². The van der Waals surface area contributed by atoms with E-state index in [1.807, 2.05) is 0 Å². The second kappa shape index (κ2) is 4.30. The number of rotatable bonds is 3. The fourth-order valence-corrected chi connectivity index (χ4v) is 1.98. The Labute approximate surface area is 86.4 Å². The molecule has 0 aromatic heterocycles. The number of ether oxygens (including phenoxy) is 1. The molecule has 82 valence electrons. The number of hydrogen-bond donors (Lipinski definition) is 0. The fourth-order valence-electron chi connectivity index (χ4n) is 1.98. The highest BCUT2D eigenvalue weighted by Gasteiger charge is 2.32. The summed E-state index contributed by atoms with van der Waals surface area (Å²) in [6.45, 7) is 8.84. The van der Waals surface area contributed by atoms with Crippen LogP contribution in [0.15, 0.2) is 0 Å². The van der Waals surface area contributed by atoms with E-state index in [-0.39, 0.29) is 5.97 Å². The van der Waals surface area contributed by atoms with Crippen LogP contribution >= 0.6 is 0 Å². The molecular weight excluding hydrogens is 178 g/mol. The summed E-state index contributed by atoms with van der Waals surface area (Å²) in [5, 5.41) is 0. The summed E-state index contributed by atoms with van der Waals surface area (Å²) in [4.78, 5) is 13.5. The number of likely N-dealkylation sites (tertiary alicyclic amines) is 1. The lowest BCUT2D eigenvalue weighted by Crippen LogP contribution is -2.34. The number of esters is 1. The van der Waals surface area contributed by atoms with Gasteiger partial charge in [0.1, 0.15) is 0 Å². The Morgan fingerprint density at radius 2 is 2.21 bits per heavy atom. The molecule has 1 aliphatic rings. The van der Waals surface area contributed by atoms with E-state index in [1.165, 1.54) is 13.5 Å². The highest BCUT2D eigenvalue weighted by Crippen LogP contribution is 2.30. The van der Waals surface area contributed by atoms with Crippen LogP contribution in [0.25, 0.3) is 0 Å². The topological polar surface area (TPSA) is 29.5 Å². The lowest BCUT2D eigenvalue weighted by Gasteiger charge is -2.25. The second-order valence-corrected chi connectivity index (χ2v) is 5.01. The predicted molar refractivity (Wildman–Crippen MR) is 56.1 cm³/mol. The van der Waals surface area contributed by atoms with Crippen LogP contribution in [0.2, 0.25) is 0 Å². The first-order valence-electron chi connectivity index (χ1n) is 5.25. The van der Waals surface area contributed by atoms with Crippen molar-refractivity contribution in [3.8, 4) is 0 Å². The van der Waals surface area contributed by atoms with Gasteiger partial charge in [-0.1, -0.05) is 13.8 Å². The van der Waals surface area contributed by atoms with E-state index in [1.54, 1.807) is 0 Å². The molecule has 3 nitrogen and oxygen atoms in total. The average Bonchev–Trinajstić information content (AvgIpc) is 2.46. The van der Waals surface area contributed by atoms with E-state index in [2.05, 4.69) is 30.4 Å². The number of carbonyl (C=O) groups excluding carboxylic acids is 1. The van der Waals surface area contributed by atoms with Gasteiger partial charge in [-0.25, -0.2) is 0 Å². The Balaban J connectivity index is 2.39. The maximum atomic E-state index is 11.1. The molecule has 1 fully saturated rings. The van der Waals surface area contributed by atoms with Crippen molar-refractivity contribution in [2.75, 3.05) is 20.2 Å². The maximum absolute atomic E-state index is 11.1. The van der Waals surface area contributed by atoms with Crippen molar-refractivity contribution in [3.63, 3.8) is 0 Å². The van der Waals surface area contributed by atoms with Crippen LogP contribution in [-0.4, -0.2) is 37.1 Å². The highest BCUT2D eigenvalue weighted by atomic mass is 16.5. The smallest absolute Gasteiger partial charge is 0.307 e. The molecule has 1 aliphatic heterocycles. The molecule has 1 heterocycles. The number of nitrogens with zero attached hydrogens (tertiary/aromatic N) is 1. The Hall–Kier alpha value is -0.570. The number of hydrogen-bond acceptors (Lipinski definition) is 3. The molecule has 0 aliphatic carbocycles. The van der Waals surface area contributed by atoms with Crippen LogP contribution in [0.5, 0.6) is 0 Å². The molecule has 14 heavy (non-hydrogen) atoms. The molecule has 0 saturated carbocycles. The fraction of sp³-hybridized carbons (Fsp3) is 0.909. The van der Waals surface area contributed by atoms with Crippen molar-refractivity contribution < 1.29 is 9.53 Å². The molecule has 3 heteroatoms. The minimum absolute atomic E-state index is 0.109. The van der Waals surface area contributed by atoms with E-state index < -0.39 is 0 Å². The maximum Gasteiger partial charge on any atom is 0.307 e. The molecule has 0 aromatic carbocycles. The molecule has 0 radical (unpaired) electrons. The lowest BCUT2D eigenvalue weighted by molar-refractivity contribution is -0.141. The molecule has 0 N–H and O–H groups in total. The van der Waals surface area contributed by atoms with Gasteiger partial charge in [-0.05, 0) is 25.3 Å². The molecule has 1 rings (SSSR count). The number of carbonyl (C=O) groups is 1. The third kappa shape index (κ3) is 2.98. The van der Waals surface area contributed by atoms with Crippen molar-refractivity contribution in [1.82, 2.24) is 4.90 Å². The first-order valence-corrected chi connectivity index (χ1v) is 5.25. The largest absolute Gasteiger partial charge is 0.469 e. The third-order valence-corrected chi connectivity index (χ3v) is 3.02. The zero-order chi connectivity index (χ0) is 10.8. The first kappa shape index (κ1) is 11.5. The van der Waals surface area contributed by atoms with Gasteiger partial charge in [-0.2, -0.15) is 0 Å². The Bertz CT molecular complexity index is 213. The van der Waals surface area contributed by atoms with E-state index in [0.29, 0.717) is 17.9 Å². The normalized spacial score (nSPS) is 23.4. The molecule has 1 saturated heterocycles. The molecule has 0 aromatic rings. The van der Waals surface area contributed by atoms with Gasteiger partial charge in [0.25, 0.3) is 0 Å². The van der Waals surface area contributed by atoms with Crippen molar-refractivity contribution in [2.45, 2.75) is 39.7 Å². The molecule has 1 atom stereocenters. The Morgan fingerprint density at radius 1 is 1.57 bits per heavy atom. The van der Waals surface area contributed by atoms with E-state index in [0.717, 1.165) is 13.1 Å². The third-order valence-electron chi connectivity index (χ3n) is 3.02. The summed E-state index contributed by atoms with van der Waals surface area (Å²) >= 11 is 0. The summed E-state index contributed by atoms with van der Waals surface area (Å²) < 4.78 is 4.67. The number of methoxy groups -OCH3 is 1. The Kier molecular flexibility index (Phi) is 3.53. The summed E-state index contributed by atoms with van der Waals surface area (Å²) in [6.07, 6.45) is 1.73. The van der Waals surface area contributed by atoms with Crippen LogP contribution in [0.4, 0.5) is 0 Å². The van der Waals surface area contributed by atoms with E-state index in [4.69, 9.17) is 0 Å². The monoisotopic (exact) mass is 199 g/mol. The zero-order valence-electron chi connectivity index (χ0n) is 9.67. The molecule has 0 amide bonds. The minimum Gasteiger partial charge on any atom is -0.469 e. The molecular formula is C11H21NO2. The van der Waals surface area contributed by atoms with Gasteiger partial charge in [0.05, 0.1) is 13.5 Å². The van der Waals surface area contributed by atoms with Gasteiger partial charge in [0, 0.05) is 12.6 Å². The first-order chi connectivity index (χ1) is 6.44. The van der Waals surface area contributed by atoms with Crippen LogP contribution in [0.1, 0.15) is 33.6 Å². The standard InChI is InChI=1S/C11H21NO2/c1-9(7-10(13)14-4)12-6-5-11(2,3)8-12/h9H,5-8H2,1-4H3. The van der Waals surface area contributed by atoms with Gasteiger partial charge >= 0.3 is 5.97 Å². The van der Waals surface area contributed by atoms with Gasteiger partial charge in [0.15, 0.2) is 0 Å². The average molecular weight is 199 g/mol. The van der Waals surface area contributed by atoms with Crippen LogP contribution < -0.4 is 0 Å². The van der Waals surface area contributed by atoms with Crippen LogP contribution in [0, 0.1) is 5.41 Å². The van der Waals surface area contributed by atoms with Gasteiger partial charge in [-0.3, -0.25) is 9.69 Å². The molecule has 1 unspecified atom stereocenters. The molecule has 0 spiro atoms. The minimum atomic E-state index is -0.109. The van der Waals surface area contributed by atoms with Crippen molar-refractivity contribution in [3.05, 3.63) is 0 Å². The van der Waals surface area contributed by atoms with Gasteiger partial charge < -0.3 is 4.74 Å². The zero-order valence-corrected chi connectivity index (χ0v) is 9.67. The molecule has 0 bridgehead atoms. The van der Waals surface area contributed by atoms with Gasteiger partial charge in [-0.15, -0.1) is 0 Å². The SMILES string of the molecule is COC(=O)CC(C)N1CCC(C)(C)C1. The van der Waals surface area contributed by atoms with Crippen molar-refractivity contribution >= 4 is 5.97 Å². The summed E-state index contributed by atoms with van der Waals surface area (Å²) in [7, 11) is 1.45.